The molecule has 1 amide bonds. The second-order valence-corrected chi connectivity index (χ2v) is 14.0. The fourth-order valence-electron chi connectivity index (χ4n) is 3.77. The van der Waals surface area contributed by atoms with Crippen molar-refractivity contribution >= 4 is 36.4 Å². The maximum atomic E-state index is 13.2. The number of esters is 1. The average molecular weight is 450 g/mol. The van der Waals surface area contributed by atoms with Crippen LogP contribution in [0.3, 0.4) is 0 Å². The molecule has 2 aromatic carbocycles. The summed E-state index contributed by atoms with van der Waals surface area (Å²) in [4.78, 5) is 25.8. The third-order valence-corrected chi connectivity index (χ3v) is 9.28. The van der Waals surface area contributed by atoms with Crippen LogP contribution in [0.2, 0.25) is 5.02 Å². The van der Waals surface area contributed by atoms with Crippen LogP contribution in [0.1, 0.15) is 36.5 Å². The number of anilines is 1. The van der Waals surface area contributed by atoms with Crippen molar-refractivity contribution in [2.24, 2.45) is 0 Å². The minimum atomic E-state index is -2.23. The van der Waals surface area contributed by atoms with Gasteiger partial charge in [0.2, 0.25) is 0 Å². The first kappa shape index (κ1) is 24.4. The van der Waals surface area contributed by atoms with Crippen LogP contribution in [0.5, 0.6) is 0 Å². The fraction of sp³-hybridized carbons (Fsp3) is 0.417. The van der Waals surface area contributed by atoms with Crippen LogP contribution in [0.15, 0.2) is 42.5 Å². The van der Waals surface area contributed by atoms with Gasteiger partial charge in [0.25, 0.3) is 0 Å². The molecule has 30 heavy (non-hydrogen) atoms. The molecule has 4 nitrogen and oxygen atoms in total. The molecule has 0 aromatic heterocycles. The summed E-state index contributed by atoms with van der Waals surface area (Å²) in [6, 6.07) is 13.3. The summed E-state index contributed by atoms with van der Waals surface area (Å²) in [5.74, 6) is -0.249. The van der Waals surface area contributed by atoms with Crippen molar-refractivity contribution in [3.8, 4) is 0 Å². The number of halogens is 1. The van der Waals surface area contributed by atoms with Gasteiger partial charge in [-0.15, -0.1) is 0 Å². The quantitative estimate of drug-likeness (QED) is 0.388. The first-order valence-corrected chi connectivity index (χ1v) is 14.1. The molecule has 0 spiro atoms. The standard InChI is InChI=1S/C24H33ClNO3P/c1-6-10-21(24(28)26-23-17(2)13-20(25)14-18(23)3)30(4,5)16-22(27)29-15-19-11-8-7-9-12-19/h7-9,11-14,21,30H,6,10,15-16H2,1-5H3,(H,26,28). The van der Waals surface area contributed by atoms with Crippen LogP contribution >= 0.6 is 18.9 Å². The summed E-state index contributed by atoms with van der Waals surface area (Å²) in [6.45, 7) is 10.4. The molecule has 0 bridgehead atoms. The zero-order valence-electron chi connectivity index (χ0n) is 18.5. The van der Waals surface area contributed by atoms with Gasteiger partial charge in [-0.3, -0.25) is 0 Å². The van der Waals surface area contributed by atoms with Gasteiger partial charge >= 0.3 is 186 Å². The van der Waals surface area contributed by atoms with E-state index >= 15 is 0 Å². The number of carbonyl (C=O) groups is 2. The molecule has 1 unspecified atom stereocenters. The van der Waals surface area contributed by atoms with Gasteiger partial charge in [-0.2, -0.15) is 0 Å². The summed E-state index contributed by atoms with van der Waals surface area (Å²) < 4.78 is 5.49. The summed E-state index contributed by atoms with van der Waals surface area (Å²) in [5, 5.41) is 3.77. The molecule has 0 aliphatic rings. The van der Waals surface area contributed by atoms with Crippen LogP contribution in [-0.2, 0) is 20.9 Å². The third-order valence-electron chi connectivity index (χ3n) is 5.43. The summed E-state index contributed by atoms with van der Waals surface area (Å²) in [6.07, 6.45) is 1.95. The molecule has 0 saturated carbocycles. The Balaban J connectivity index is 2.08. The average Bonchev–Trinajstić information content (AvgIpc) is 2.67. The number of hydrogen-bond acceptors (Lipinski definition) is 3. The van der Waals surface area contributed by atoms with Crippen molar-refractivity contribution in [1.29, 1.82) is 0 Å². The topological polar surface area (TPSA) is 55.4 Å². The molecule has 0 heterocycles. The third kappa shape index (κ3) is 6.82. The van der Waals surface area contributed by atoms with Gasteiger partial charge in [-0.05, 0) is 0 Å². The van der Waals surface area contributed by atoms with Gasteiger partial charge in [-0.25, -0.2) is 0 Å². The Morgan fingerprint density at radius 3 is 2.27 bits per heavy atom. The molecular formula is C24H33ClNO3P. The van der Waals surface area contributed by atoms with E-state index in [1.807, 2.05) is 56.3 Å². The first-order valence-electron chi connectivity index (χ1n) is 10.4. The van der Waals surface area contributed by atoms with Crippen molar-refractivity contribution in [2.75, 3.05) is 24.8 Å². The zero-order chi connectivity index (χ0) is 22.3. The molecule has 164 valence electrons. The van der Waals surface area contributed by atoms with E-state index in [-0.39, 0.29) is 24.1 Å². The van der Waals surface area contributed by atoms with Crippen molar-refractivity contribution < 1.29 is 14.3 Å². The number of amides is 1. The normalized spacial score (nSPS) is 12.9. The fourth-order valence-corrected chi connectivity index (χ4v) is 7.04. The molecule has 2 aromatic rings. The predicted octanol–water partition coefficient (Wildman–Crippen LogP) is 5.82. The Morgan fingerprint density at radius 1 is 1.10 bits per heavy atom. The number of rotatable bonds is 9. The monoisotopic (exact) mass is 449 g/mol. The van der Waals surface area contributed by atoms with Crippen LogP contribution in [0.25, 0.3) is 0 Å². The molecule has 0 radical (unpaired) electrons. The maximum absolute atomic E-state index is 13.2. The second-order valence-electron chi connectivity index (χ2n) is 8.56. The SMILES string of the molecule is CCCC(C(=O)Nc1c(C)cc(Cl)cc1C)[PH](C)(C)CC(=O)OCc1ccccc1. The van der Waals surface area contributed by atoms with E-state index in [1.165, 1.54) is 0 Å². The predicted molar refractivity (Wildman–Crippen MR) is 130 cm³/mol. The van der Waals surface area contributed by atoms with E-state index in [0.717, 1.165) is 35.2 Å². The Hall–Kier alpha value is -1.90. The molecule has 2 rings (SSSR count). The van der Waals surface area contributed by atoms with Crippen LogP contribution in [0, 0.1) is 13.8 Å². The molecule has 0 fully saturated rings. The van der Waals surface area contributed by atoms with E-state index in [1.54, 1.807) is 0 Å². The van der Waals surface area contributed by atoms with Crippen molar-refractivity contribution in [1.82, 2.24) is 0 Å². The molecule has 1 N–H and O–H groups in total. The van der Waals surface area contributed by atoms with Gasteiger partial charge < -0.3 is 0 Å². The van der Waals surface area contributed by atoms with E-state index in [0.29, 0.717) is 11.2 Å². The number of carbonyl (C=O) groups excluding carboxylic acids is 2. The number of benzene rings is 2. The van der Waals surface area contributed by atoms with Crippen LogP contribution in [0.4, 0.5) is 5.69 Å². The zero-order valence-corrected chi connectivity index (χ0v) is 20.3. The Morgan fingerprint density at radius 2 is 1.70 bits per heavy atom. The Bertz CT molecular complexity index is 860. The summed E-state index contributed by atoms with van der Waals surface area (Å²) in [5.41, 5.74) is 3.46. The van der Waals surface area contributed by atoms with Gasteiger partial charge in [-0.1, -0.05) is 0 Å². The number of nitrogens with one attached hydrogen (secondary N) is 1. The van der Waals surface area contributed by atoms with E-state index in [4.69, 9.17) is 16.3 Å². The van der Waals surface area contributed by atoms with Crippen LogP contribution < -0.4 is 5.32 Å². The minimum absolute atomic E-state index is 0.0158. The van der Waals surface area contributed by atoms with E-state index < -0.39 is 7.26 Å². The molecule has 6 heteroatoms. The first-order chi connectivity index (χ1) is 14.1. The van der Waals surface area contributed by atoms with Gasteiger partial charge in [0.05, 0.1) is 0 Å². The number of ether oxygens (including phenoxy) is 1. The molecule has 0 aliphatic carbocycles. The molecule has 0 aliphatic heterocycles. The van der Waals surface area contributed by atoms with Crippen molar-refractivity contribution in [3.63, 3.8) is 0 Å². The van der Waals surface area contributed by atoms with Gasteiger partial charge in [0.1, 0.15) is 0 Å². The van der Waals surface area contributed by atoms with E-state index in [2.05, 4.69) is 25.6 Å². The summed E-state index contributed by atoms with van der Waals surface area (Å²) in [7, 11) is -2.23. The Kier molecular flexibility index (Phi) is 8.88. The van der Waals surface area contributed by atoms with Gasteiger partial charge in [0, 0.05) is 0 Å². The number of hydrogen-bond donors (Lipinski definition) is 1. The van der Waals surface area contributed by atoms with Crippen molar-refractivity contribution in [3.05, 3.63) is 64.2 Å². The van der Waals surface area contributed by atoms with Crippen molar-refractivity contribution in [2.45, 2.75) is 45.9 Å². The molecule has 0 saturated heterocycles. The Labute approximate surface area is 185 Å². The number of aryl methyl sites for hydroxylation is 2. The molecule has 1 atom stereocenters. The second kappa shape index (κ2) is 10.9. The van der Waals surface area contributed by atoms with Gasteiger partial charge in [0.15, 0.2) is 0 Å². The van der Waals surface area contributed by atoms with E-state index in [9.17, 15) is 9.59 Å². The molecular weight excluding hydrogens is 417 g/mol. The summed E-state index contributed by atoms with van der Waals surface area (Å²) >= 11 is 6.12. The van der Waals surface area contributed by atoms with Crippen LogP contribution in [-0.4, -0.2) is 37.0 Å².